The van der Waals surface area contributed by atoms with Gasteiger partial charge in [-0.25, -0.2) is 24.1 Å². The number of amides is 2. The third-order valence-corrected chi connectivity index (χ3v) is 5.60. The van der Waals surface area contributed by atoms with E-state index in [4.69, 9.17) is 14.2 Å². The van der Waals surface area contributed by atoms with Crippen molar-refractivity contribution in [3.63, 3.8) is 0 Å². The normalized spacial score (nSPS) is 16.9. The van der Waals surface area contributed by atoms with Crippen LogP contribution in [0.5, 0.6) is 11.6 Å². The summed E-state index contributed by atoms with van der Waals surface area (Å²) < 4.78 is 32.1. The molecule has 2 aliphatic rings. The lowest BCUT2D eigenvalue weighted by Gasteiger charge is -2.18. The first-order valence-electron chi connectivity index (χ1n) is 11.2. The van der Waals surface area contributed by atoms with Crippen molar-refractivity contribution in [3.05, 3.63) is 40.7 Å². The first-order chi connectivity index (χ1) is 17.4. The van der Waals surface area contributed by atoms with Gasteiger partial charge in [0.25, 0.3) is 17.3 Å². The Morgan fingerprint density at radius 1 is 1.25 bits per heavy atom. The number of anilines is 2. The number of hydrogen-bond acceptors (Lipinski definition) is 10. The molecule has 5 rings (SSSR count). The lowest BCUT2D eigenvalue weighted by Crippen LogP contribution is -2.33. The molecule has 1 unspecified atom stereocenters. The number of fused-ring (bicyclic) bond motifs is 2. The minimum Gasteiger partial charge on any atom is -0.487 e. The average molecular weight is 499 g/mol. The molecular weight excluding hydrogens is 477 g/mol. The highest BCUT2D eigenvalue weighted by Gasteiger charge is 2.34. The highest BCUT2D eigenvalue weighted by Crippen LogP contribution is 2.28. The molecule has 1 saturated heterocycles. The topological polar surface area (TPSA) is 150 Å². The van der Waals surface area contributed by atoms with Crippen LogP contribution in [0.2, 0.25) is 0 Å². The van der Waals surface area contributed by atoms with Gasteiger partial charge in [0.05, 0.1) is 24.5 Å². The molecule has 0 aliphatic carbocycles. The van der Waals surface area contributed by atoms with Crippen LogP contribution in [0.15, 0.2) is 29.3 Å². The Labute approximate surface area is 203 Å². The Bertz CT molecular complexity index is 1400. The van der Waals surface area contributed by atoms with Crippen molar-refractivity contribution >= 4 is 34.7 Å². The maximum Gasteiger partial charge on any atom is 0.416 e. The van der Waals surface area contributed by atoms with Gasteiger partial charge in [-0.1, -0.05) is 0 Å². The smallest absolute Gasteiger partial charge is 0.416 e. The zero-order chi connectivity index (χ0) is 25.2. The molecule has 188 valence electrons. The minimum absolute atomic E-state index is 0.0399. The van der Waals surface area contributed by atoms with Crippen molar-refractivity contribution in [3.8, 4) is 11.6 Å². The molecule has 2 aromatic heterocycles. The van der Waals surface area contributed by atoms with E-state index in [-0.39, 0.29) is 54.5 Å². The van der Waals surface area contributed by atoms with E-state index >= 15 is 0 Å². The van der Waals surface area contributed by atoms with E-state index in [0.717, 1.165) is 0 Å². The molecule has 1 fully saturated rings. The summed E-state index contributed by atoms with van der Waals surface area (Å²) in [7, 11) is 0. The fraction of sp³-hybridized carbons (Fsp3) is 0.364. The number of carbonyl (C=O) groups excluding carboxylic acids is 2. The van der Waals surface area contributed by atoms with Gasteiger partial charge in [-0.2, -0.15) is 0 Å². The molecule has 0 radical (unpaired) electrons. The van der Waals surface area contributed by atoms with Crippen LogP contribution in [0.1, 0.15) is 6.92 Å². The maximum atomic E-state index is 14.5. The maximum absolute atomic E-state index is 14.5. The molecule has 13 nitrogen and oxygen atoms in total. The second kappa shape index (κ2) is 9.73. The van der Waals surface area contributed by atoms with Gasteiger partial charge in [0.1, 0.15) is 18.2 Å². The number of cyclic esters (lactones) is 1. The highest BCUT2D eigenvalue weighted by atomic mass is 19.1. The predicted octanol–water partition coefficient (Wildman–Crippen LogP) is 0.670. The summed E-state index contributed by atoms with van der Waals surface area (Å²) in [6.45, 7) is 2.92. The molecule has 2 N–H and O–H groups in total. The Kier molecular flexibility index (Phi) is 6.33. The van der Waals surface area contributed by atoms with Gasteiger partial charge in [-0.3, -0.25) is 14.5 Å². The lowest BCUT2D eigenvalue weighted by atomic mass is 10.2. The zero-order valence-corrected chi connectivity index (χ0v) is 19.2. The van der Waals surface area contributed by atoms with Crippen molar-refractivity contribution in [2.75, 3.05) is 43.1 Å². The van der Waals surface area contributed by atoms with E-state index in [9.17, 15) is 18.8 Å². The molecule has 0 spiro atoms. The average Bonchev–Trinajstić information content (AvgIpc) is 3.24. The Balaban J connectivity index is 1.16. The van der Waals surface area contributed by atoms with Crippen molar-refractivity contribution < 1.29 is 28.2 Å². The summed E-state index contributed by atoms with van der Waals surface area (Å²) in [6.07, 6.45) is 1.48. The number of hydrogen-bond donors (Lipinski definition) is 2. The predicted molar refractivity (Wildman–Crippen MR) is 124 cm³/mol. The van der Waals surface area contributed by atoms with Crippen LogP contribution >= 0.6 is 0 Å². The first-order valence-corrected chi connectivity index (χ1v) is 11.2. The molecule has 2 amide bonds. The minimum atomic E-state index is -0.599. The number of rotatable bonds is 8. The molecule has 0 saturated carbocycles. The highest BCUT2D eigenvalue weighted by molar-refractivity contribution is 5.94. The summed E-state index contributed by atoms with van der Waals surface area (Å²) in [6, 6.07) is 2.74. The van der Waals surface area contributed by atoms with Gasteiger partial charge in [0, 0.05) is 19.6 Å². The van der Waals surface area contributed by atoms with Gasteiger partial charge in [0.2, 0.25) is 0 Å². The summed E-state index contributed by atoms with van der Waals surface area (Å²) in [5.74, 6) is -0.456. The molecule has 1 atom stereocenters. The summed E-state index contributed by atoms with van der Waals surface area (Å²) in [5.41, 5.74) is 0.415. The van der Waals surface area contributed by atoms with Crippen LogP contribution in [0.25, 0.3) is 11.0 Å². The Hall–Kier alpha value is -4.33. The van der Waals surface area contributed by atoms with Crippen LogP contribution in [0, 0.1) is 5.82 Å². The zero-order valence-electron chi connectivity index (χ0n) is 19.2. The van der Waals surface area contributed by atoms with Gasteiger partial charge in [-0.05, 0) is 19.1 Å². The van der Waals surface area contributed by atoms with Gasteiger partial charge < -0.3 is 29.4 Å². The van der Waals surface area contributed by atoms with E-state index < -0.39 is 18.0 Å². The van der Waals surface area contributed by atoms with Crippen molar-refractivity contribution in [1.82, 2.24) is 24.8 Å². The van der Waals surface area contributed by atoms with E-state index in [0.29, 0.717) is 30.7 Å². The molecule has 1 aromatic carbocycles. The first kappa shape index (κ1) is 23.4. The van der Waals surface area contributed by atoms with E-state index in [1.807, 2.05) is 0 Å². The van der Waals surface area contributed by atoms with Crippen LogP contribution in [0.3, 0.4) is 0 Å². The third-order valence-electron chi connectivity index (χ3n) is 5.60. The number of nitrogens with one attached hydrogen (secondary N) is 2. The van der Waals surface area contributed by atoms with Crippen LogP contribution in [0.4, 0.5) is 20.8 Å². The van der Waals surface area contributed by atoms with Crippen molar-refractivity contribution in [1.29, 1.82) is 0 Å². The fourth-order valence-electron chi connectivity index (χ4n) is 3.95. The largest absolute Gasteiger partial charge is 0.487 e. The standard InChI is InChI=1S/C22H22FN7O6/c1-2-29-17(32)9-25-14-4-3-13(23)19(18(14)29)34-6-5-24-7-12-10-30(22(33)36-12)15-8-26-21-20(27-15)28-16(31)11-35-21/h3-4,8-9,12,24H,2,5-7,10-11H2,1H3,(H,27,28,31). The monoisotopic (exact) mass is 499 g/mol. The molecule has 2 aliphatic heterocycles. The lowest BCUT2D eigenvalue weighted by molar-refractivity contribution is -0.118. The van der Waals surface area contributed by atoms with Crippen LogP contribution < -0.4 is 30.6 Å². The van der Waals surface area contributed by atoms with Gasteiger partial charge in [-0.15, -0.1) is 0 Å². The van der Waals surface area contributed by atoms with Gasteiger partial charge in [0.15, 0.2) is 29.8 Å². The van der Waals surface area contributed by atoms with Crippen LogP contribution in [-0.2, 0) is 16.1 Å². The van der Waals surface area contributed by atoms with Gasteiger partial charge >= 0.3 is 6.09 Å². The van der Waals surface area contributed by atoms with Crippen LogP contribution in [-0.4, -0.2) is 70.5 Å². The van der Waals surface area contributed by atoms with Crippen molar-refractivity contribution in [2.24, 2.45) is 0 Å². The SMILES string of the molecule is CCn1c(=O)cnc2ccc(F)c(OCCNCC3CN(c4cnc5c(n4)NC(=O)CO5)C(=O)O3)c21. The van der Waals surface area contributed by atoms with E-state index in [1.165, 1.54) is 34.0 Å². The van der Waals surface area contributed by atoms with E-state index in [1.54, 1.807) is 6.92 Å². The Morgan fingerprint density at radius 2 is 2.11 bits per heavy atom. The quantitative estimate of drug-likeness (QED) is 0.423. The second-order valence-corrected chi connectivity index (χ2v) is 7.97. The Morgan fingerprint density at radius 3 is 2.94 bits per heavy atom. The third kappa shape index (κ3) is 4.49. The fourth-order valence-corrected chi connectivity index (χ4v) is 3.95. The summed E-state index contributed by atoms with van der Waals surface area (Å²) in [5, 5.41) is 5.65. The number of benzene rings is 1. The van der Waals surface area contributed by atoms with Crippen molar-refractivity contribution in [2.45, 2.75) is 19.6 Å². The molecule has 36 heavy (non-hydrogen) atoms. The number of aryl methyl sites for hydroxylation is 1. The molecule has 3 aromatic rings. The van der Waals surface area contributed by atoms with E-state index in [2.05, 4.69) is 25.6 Å². The second-order valence-electron chi connectivity index (χ2n) is 7.97. The molecular formula is C22H22FN7O6. The number of carbonyl (C=O) groups is 2. The molecule has 0 bridgehead atoms. The number of halogens is 1. The summed E-state index contributed by atoms with van der Waals surface area (Å²) in [4.78, 5) is 49.6. The number of ether oxygens (including phenoxy) is 3. The number of nitrogens with zero attached hydrogens (tertiary/aromatic N) is 5. The molecule has 14 heteroatoms. The number of aromatic nitrogens is 4. The summed E-state index contributed by atoms with van der Waals surface area (Å²) >= 11 is 0. The molecule has 4 heterocycles.